The van der Waals surface area contributed by atoms with Gasteiger partial charge in [0.15, 0.2) is 5.75 Å². The summed E-state index contributed by atoms with van der Waals surface area (Å²) in [6, 6.07) is 20.7. The summed E-state index contributed by atoms with van der Waals surface area (Å²) in [5.74, 6) is -1.70. The van der Waals surface area contributed by atoms with Crippen molar-refractivity contribution in [2.75, 3.05) is 0 Å². The lowest BCUT2D eigenvalue weighted by atomic mass is 10.1. The number of alkyl halides is 3. The van der Waals surface area contributed by atoms with Gasteiger partial charge in [0.2, 0.25) is 23.2 Å². The molecule has 0 radical (unpaired) electrons. The van der Waals surface area contributed by atoms with Gasteiger partial charge in [-0.05, 0) is 22.4 Å². The van der Waals surface area contributed by atoms with Crippen LogP contribution >= 0.6 is 0 Å². The Bertz CT molecular complexity index is 1650. The number of aliphatic imine (C=N–C) groups is 1. The lowest BCUT2D eigenvalue weighted by molar-refractivity contribution is -0.386. The highest BCUT2D eigenvalue weighted by atomic mass is 19.4. The van der Waals surface area contributed by atoms with Crippen LogP contribution in [0, 0.1) is 10.1 Å². The van der Waals surface area contributed by atoms with E-state index < -0.39 is 40.4 Å². The monoisotopic (exact) mass is 564 g/mol. The normalized spacial score (nSPS) is 13.4. The second kappa shape index (κ2) is 11.4. The van der Waals surface area contributed by atoms with Crippen LogP contribution in [0.4, 0.5) is 18.9 Å². The smallest absolute Gasteiger partial charge is 0.414 e. The Morgan fingerprint density at radius 1 is 0.951 bits per heavy atom. The third kappa shape index (κ3) is 6.27. The average molecular weight is 564 g/mol. The van der Waals surface area contributed by atoms with E-state index in [9.17, 15) is 28.1 Å². The van der Waals surface area contributed by atoms with Gasteiger partial charge in [-0.1, -0.05) is 60.7 Å². The number of ketones is 1. The van der Waals surface area contributed by atoms with Crippen molar-refractivity contribution in [3.63, 3.8) is 0 Å². The van der Waals surface area contributed by atoms with E-state index in [-0.39, 0.29) is 36.1 Å². The maximum Gasteiger partial charge on any atom is 0.414 e. The molecule has 0 saturated heterocycles. The number of nitrogens with zero attached hydrogens (tertiary/aromatic N) is 6. The Hall–Kier alpha value is -5.40. The Morgan fingerprint density at radius 3 is 2.17 bits per heavy atom. The molecule has 0 aliphatic carbocycles. The van der Waals surface area contributed by atoms with Crippen molar-refractivity contribution in [3.8, 4) is 22.9 Å². The molecule has 1 aliphatic heterocycles. The van der Waals surface area contributed by atoms with Crippen LogP contribution in [0.3, 0.4) is 0 Å². The van der Waals surface area contributed by atoms with Gasteiger partial charge in [0.1, 0.15) is 13.2 Å². The zero-order valence-corrected chi connectivity index (χ0v) is 21.0. The van der Waals surface area contributed by atoms with E-state index in [1.807, 2.05) is 36.4 Å². The molecule has 0 bridgehead atoms. The van der Waals surface area contributed by atoms with Crippen LogP contribution in [0.5, 0.6) is 11.5 Å². The second-order valence-corrected chi connectivity index (χ2v) is 8.74. The first-order valence-electron chi connectivity index (χ1n) is 12.0. The molecule has 0 fully saturated rings. The minimum Gasteiger partial charge on any atom is -0.485 e. The highest BCUT2D eigenvalue weighted by molar-refractivity contribution is 6.40. The molecule has 41 heavy (non-hydrogen) atoms. The number of carbonyl (C=O) groups is 1. The number of hydrogen-bond acceptors (Lipinski definition) is 9. The number of ether oxygens (including phenoxy) is 2. The van der Waals surface area contributed by atoms with Crippen LogP contribution in [0.15, 0.2) is 89.6 Å². The molecule has 0 amide bonds. The van der Waals surface area contributed by atoms with Gasteiger partial charge in [-0.3, -0.25) is 14.9 Å². The van der Waals surface area contributed by atoms with Crippen molar-refractivity contribution in [3.05, 3.63) is 106 Å². The number of halogens is 3. The second-order valence-electron chi connectivity index (χ2n) is 8.74. The fourth-order valence-corrected chi connectivity index (χ4v) is 3.83. The Morgan fingerprint density at radius 2 is 1.59 bits per heavy atom. The summed E-state index contributed by atoms with van der Waals surface area (Å²) >= 11 is 0. The number of Topliss-reactive ketones (excluding diaryl/α,β-unsaturated/α-hetero) is 1. The van der Waals surface area contributed by atoms with Crippen LogP contribution in [0.1, 0.15) is 17.5 Å². The SMILES string of the molecule is O=C1CC(C(F)(F)F)=CN=C1n1nnc(-c2cc(OCc3ccccc3)c(OCc3ccccc3)c([N+](=O)[O-])c2)n1. The molecule has 2 heterocycles. The van der Waals surface area contributed by atoms with E-state index in [4.69, 9.17) is 9.47 Å². The summed E-state index contributed by atoms with van der Waals surface area (Å²) in [7, 11) is 0. The molecule has 3 aromatic carbocycles. The maximum absolute atomic E-state index is 12.9. The molecule has 0 atom stereocenters. The van der Waals surface area contributed by atoms with Crippen molar-refractivity contribution in [1.29, 1.82) is 0 Å². The van der Waals surface area contributed by atoms with Crippen molar-refractivity contribution < 1.29 is 32.4 Å². The Labute approximate surface area is 229 Å². The number of tetrazole rings is 1. The quantitative estimate of drug-likeness (QED) is 0.214. The highest BCUT2D eigenvalue weighted by Crippen LogP contribution is 2.41. The zero-order chi connectivity index (χ0) is 29.0. The third-order valence-electron chi connectivity index (χ3n) is 5.86. The van der Waals surface area contributed by atoms with Gasteiger partial charge in [0, 0.05) is 24.3 Å². The van der Waals surface area contributed by atoms with E-state index in [1.54, 1.807) is 24.3 Å². The first-order valence-corrected chi connectivity index (χ1v) is 12.0. The van der Waals surface area contributed by atoms with Crippen LogP contribution in [0.25, 0.3) is 11.4 Å². The lowest BCUT2D eigenvalue weighted by Gasteiger charge is -2.14. The van der Waals surface area contributed by atoms with Gasteiger partial charge in [0.25, 0.3) is 0 Å². The summed E-state index contributed by atoms with van der Waals surface area (Å²) < 4.78 is 50.6. The fraction of sp³-hybridized carbons (Fsp3) is 0.148. The standard InChI is InChI=1S/C27H19F3N6O5/c28-27(29,30)20-13-22(37)26(31-14-20)35-33-25(32-34-35)19-11-21(36(38)39)24(41-16-18-9-5-2-6-10-18)23(12-19)40-15-17-7-3-1-4-8-17/h1-12,14H,13,15-16H2. The number of allylic oxidation sites excluding steroid dienone is 1. The van der Waals surface area contributed by atoms with Crippen LogP contribution in [-0.4, -0.2) is 42.9 Å². The summed E-state index contributed by atoms with van der Waals surface area (Å²) in [6.07, 6.45) is -5.11. The largest absolute Gasteiger partial charge is 0.485 e. The van der Waals surface area contributed by atoms with Crippen LogP contribution < -0.4 is 9.47 Å². The number of nitro benzene ring substituents is 1. The van der Waals surface area contributed by atoms with Gasteiger partial charge in [-0.2, -0.15) is 13.2 Å². The molecular weight excluding hydrogens is 545 g/mol. The van der Waals surface area contributed by atoms with Gasteiger partial charge in [-0.15, -0.1) is 15.0 Å². The van der Waals surface area contributed by atoms with Gasteiger partial charge < -0.3 is 9.47 Å². The molecule has 0 unspecified atom stereocenters. The van der Waals surface area contributed by atoms with Crippen molar-refractivity contribution in [2.45, 2.75) is 25.8 Å². The molecule has 14 heteroatoms. The van der Waals surface area contributed by atoms with E-state index in [0.717, 1.165) is 17.2 Å². The Kier molecular flexibility index (Phi) is 7.54. The average Bonchev–Trinajstić information content (AvgIpc) is 3.45. The summed E-state index contributed by atoms with van der Waals surface area (Å²) in [5.41, 5.74) is 0.104. The molecule has 11 nitrogen and oxygen atoms in total. The van der Waals surface area contributed by atoms with Gasteiger partial charge in [-0.25, -0.2) is 4.99 Å². The fourth-order valence-electron chi connectivity index (χ4n) is 3.83. The van der Waals surface area contributed by atoms with Gasteiger partial charge >= 0.3 is 11.9 Å². The number of carbonyl (C=O) groups excluding carboxylic acids is 1. The number of hydrogen-bond donors (Lipinski definition) is 0. The molecule has 0 saturated carbocycles. The molecule has 1 aromatic heterocycles. The van der Waals surface area contributed by atoms with E-state index in [1.165, 1.54) is 6.07 Å². The summed E-state index contributed by atoms with van der Waals surface area (Å²) in [6.45, 7) is 0.0783. The Balaban J connectivity index is 1.51. The predicted molar refractivity (Wildman–Crippen MR) is 138 cm³/mol. The zero-order valence-electron chi connectivity index (χ0n) is 21.0. The summed E-state index contributed by atoms with van der Waals surface area (Å²) in [4.78, 5) is 28.0. The molecule has 208 valence electrons. The molecule has 0 spiro atoms. The minimum absolute atomic E-state index is 0.0204. The van der Waals surface area contributed by atoms with Crippen LogP contribution in [0.2, 0.25) is 0 Å². The van der Waals surface area contributed by atoms with Crippen molar-refractivity contribution in [1.82, 2.24) is 20.2 Å². The first kappa shape index (κ1) is 27.2. The number of benzene rings is 3. The minimum atomic E-state index is -4.70. The number of aromatic nitrogens is 4. The van der Waals surface area contributed by atoms with Crippen LogP contribution in [-0.2, 0) is 18.0 Å². The number of nitro groups is 1. The van der Waals surface area contributed by atoms with Crippen molar-refractivity contribution in [2.24, 2.45) is 4.99 Å². The van der Waals surface area contributed by atoms with E-state index in [2.05, 4.69) is 20.4 Å². The van der Waals surface area contributed by atoms with E-state index >= 15 is 0 Å². The van der Waals surface area contributed by atoms with Gasteiger partial charge in [0.05, 0.1) is 10.5 Å². The molecule has 0 N–H and O–H groups in total. The molecular formula is C27H19F3N6O5. The molecule has 1 aliphatic rings. The van der Waals surface area contributed by atoms with Crippen molar-refractivity contribution >= 4 is 17.3 Å². The molecule has 5 rings (SSSR count). The summed E-state index contributed by atoms with van der Waals surface area (Å²) in [5, 5.41) is 23.7. The highest BCUT2D eigenvalue weighted by Gasteiger charge is 2.38. The third-order valence-corrected chi connectivity index (χ3v) is 5.86. The maximum atomic E-state index is 12.9. The topological polar surface area (TPSA) is 135 Å². The number of rotatable bonds is 8. The molecule has 4 aromatic rings. The predicted octanol–water partition coefficient (Wildman–Crippen LogP) is 5.07. The first-order chi connectivity index (χ1) is 19.7. The van der Waals surface area contributed by atoms with E-state index in [0.29, 0.717) is 11.0 Å². The lowest BCUT2D eigenvalue weighted by Crippen LogP contribution is -2.30.